The Hall–Kier alpha value is -3.02. The first kappa shape index (κ1) is 20.7. The van der Waals surface area contributed by atoms with E-state index in [2.05, 4.69) is 71.3 Å². The highest BCUT2D eigenvalue weighted by atomic mass is 15.3. The second-order valence-corrected chi connectivity index (χ2v) is 7.91. The highest BCUT2D eigenvalue weighted by molar-refractivity contribution is 5.65. The van der Waals surface area contributed by atoms with Gasteiger partial charge < -0.3 is 10.2 Å². The number of nitrogens with one attached hydrogen (secondary N) is 1. The summed E-state index contributed by atoms with van der Waals surface area (Å²) in [6, 6.07) is 10.5. The van der Waals surface area contributed by atoms with Gasteiger partial charge >= 0.3 is 0 Å². The standard InChI is InChI=1S/C23H30N6/c1-16(2)19-7-6-8-20(17(3)4)22(19)27-23-26-21(15-25-28-23)29(5)14-11-18-9-12-24-13-10-18/h6-10,12-13,15-17H,11,14H2,1-5H3,(H,26,27,28). The number of rotatable bonds is 8. The third kappa shape index (κ3) is 5.28. The van der Waals surface area contributed by atoms with Crippen LogP contribution in [0.4, 0.5) is 17.5 Å². The lowest BCUT2D eigenvalue weighted by Gasteiger charge is -2.21. The Morgan fingerprint density at radius 1 is 0.966 bits per heavy atom. The quantitative estimate of drug-likeness (QED) is 0.588. The van der Waals surface area contributed by atoms with Crippen molar-refractivity contribution in [2.45, 2.75) is 46.0 Å². The number of para-hydroxylation sites is 1. The predicted molar refractivity (Wildman–Crippen MR) is 119 cm³/mol. The van der Waals surface area contributed by atoms with Crippen molar-refractivity contribution >= 4 is 17.5 Å². The lowest BCUT2D eigenvalue weighted by atomic mass is 9.93. The number of hydrogen-bond donors (Lipinski definition) is 1. The molecule has 152 valence electrons. The molecule has 0 amide bonds. The number of benzene rings is 1. The van der Waals surface area contributed by atoms with Gasteiger partial charge in [0.2, 0.25) is 5.95 Å². The fourth-order valence-corrected chi connectivity index (χ4v) is 3.30. The predicted octanol–water partition coefficient (Wildman–Crippen LogP) is 4.94. The van der Waals surface area contributed by atoms with Gasteiger partial charge in [-0.2, -0.15) is 10.1 Å². The molecule has 29 heavy (non-hydrogen) atoms. The van der Waals surface area contributed by atoms with Gasteiger partial charge in [0.1, 0.15) is 0 Å². The summed E-state index contributed by atoms with van der Waals surface area (Å²) in [5.41, 5.74) is 4.86. The Morgan fingerprint density at radius 3 is 2.24 bits per heavy atom. The molecule has 6 nitrogen and oxygen atoms in total. The van der Waals surface area contributed by atoms with Crippen molar-refractivity contribution in [2.24, 2.45) is 0 Å². The minimum absolute atomic E-state index is 0.398. The molecule has 0 bridgehead atoms. The van der Waals surface area contributed by atoms with Gasteiger partial charge in [0.25, 0.3) is 0 Å². The lowest BCUT2D eigenvalue weighted by molar-refractivity contribution is 0.829. The first-order valence-electron chi connectivity index (χ1n) is 10.1. The number of anilines is 3. The molecular formula is C23H30N6. The van der Waals surface area contributed by atoms with Gasteiger partial charge in [-0.25, -0.2) is 0 Å². The average molecular weight is 391 g/mol. The van der Waals surface area contributed by atoms with E-state index in [9.17, 15) is 0 Å². The molecule has 0 saturated heterocycles. The molecular weight excluding hydrogens is 360 g/mol. The zero-order valence-corrected chi connectivity index (χ0v) is 17.9. The Morgan fingerprint density at radius 2 is 1.62 bits per heavy atom. The van der Waals surface area contributed by atoms with Crippen molar-refractivity contribution in [1.82, 2.24) is 20.2 Å². The number of nitrogens with zero attached hydrogens (tertiary/aromatic N) is 5. The molecule has 2 heterocycles. The van der Waals surface area contributed by atoms with Crippen molar-refractivity contribution in [3.63, 3.8) is 0 Å². The van der Waals surface area contributed by atoms with Gasteiger partial charge in [-0.15, -0.1) is 5.10 Å². The van der Waals surface area contributed by atoms with E-state index < -0.39 is 0 Å². The topological polar surface area (TPSA) is 66.8 Å². The molecule has 0 aliphatic rings. The molecule has 0 saturated carbocycles. The number of hydrogen-bond acceptors (Lipinski definition) is 6. The van der Waals surface area contributed by atoms with Crippen LogP contribution < -0.4 is 10.2 Å². The fraction of sp³-hybridized carbons (Fsp3) is 0.391. The fourth-order valence-electron chi connectivity index (χ4n) is 3.30. The van der Waals surface area contributed by atoms with Crippen molar-refractivity contribution in [2.75, 3.05) is 23.8 Å². The van der Waals surface area contributed by atoms with Gasteiger partial charge in [0.05, 0.1) is 6.20 Å². The van der Waals surface area contributed by atoms with Crippen LogP contribution in [0.15, 0.2) is 48.9 Å². The normalized spacial score (nSPS) is 11.1. The molecule has 6 heteroatoms. The molecule has 3 rings (SSSR count). The van der Waals surface area contributed by atoms with Gasteiger partial charge in [-0.1, -0.05) is 45.9 Å². The summed E-state index contributed by atoms with van der Waals surface area (Å²) in [7, 11) is 2.02. The van der Waals surface area contributed by atoms with Crippen molar-refractivity contribution in [3.05, 3.63) is 65.6 Å². The molecule has 1 N–H and O–H groups in total. The minimum Gasteiger partial charge on any atom is -0.358 e. The first-order valence-corrected chi connectivity index (χ1v) is 10.1. The summed E-state index contributed by atoms with van der Waals surface area (Å²) >= 11 is 0. The van der Waals surface area contributed by atoms with Crippen LogP contribution in [0.3, 0.4) is 0 Å². The molecule has 2 aromatic heterocycles. The summed E-state index contributed by atoms with van der Waals surface area (Å²) in [6.45, 7) is 9.64. The zero-order chi connectivity index (χ0) is 20.8. The summed E-state index contributed by atoms with van der Waals surface area (Å²) in [5, 5.41) is 11.9. The average Bonchev–Trinajstić information content (AvgIpc) is 2.72. The van der Waals surface area contributed by atoms with Crippen molar-refractivity contribution in [1.29, 1.82) is 0 Å². The number of aromatic nitrogens is 4. The van der Waals surface area contributed by atoms with E-state index in [0.29, 0.717) is 17.8 Å². The minimum atomic E-state index is 0.398. The van der Waals surface area contributed by atoms with Gasteiger partial charge in [-0.3, -0.25) is 4.98 Å². The number of pyridine rings is 1. The Labute approximate surface area is 173 Å². The maximum Gasteiger partial charge on any atom is 0.249 e. The maximum absolute atomic E-state index is 4.71. The molecule has 0 spiro atoms. The van der Waals surface area contributed by atoms with Crippen LogP contribution in [0.1, 0.15) is 56.2 Å². The Balaban J connectivity index is 1.80. The van der Waals surface area contributed by atoms with Gasteiger partial charge in [0, 0.05) is 31.7 Å². The van der Waals surface area contributed by atoms with Crippen LogP contribution in [0.25, 0.3) is 0 Å². The van der Waals surface area contributed by atoms with E-state index in [1.54, 1.807) is 6.20 Å². The van der Waals surface area contributed by atoms with Crippen LogP contribution in [-0.4, -0.2) is 33.8 Å². The molecule has 3 aromatic rings. The van der Waals surface area contributed by atoms with Crippen LogP contribution in [0.5, 0.6) is 0 Å². The Kier molecular flexibility index (Phi) is 6.75. The molecule has 0 unspecified atom stereocenters. The van der Waals surface area contributed by atoms with Crippen LogP contribution in [0.2, 0.25) is 0 Å². The summed E-state index contributed by atoms with van der Waals surface area (Å²) < 4.78 is 0. The van der Waals surface area contributed by atoms with E-state index in [4.69, 9.17) is 4.98 Å². The van der Waals surface area contributed by atoms with Gasteiger partial charge in [-0.05, 0) is 47.1 Å². The largest absolute Gasteiger partial charge is 0.358 e. The second kappa shape index (κ2) is 9.45. The molecule has 0 aliphatic carbocycles. The van der Waals surface area contributed by atoms with E-state index in [1.165, 1.54) is 16.7 Å². The third-order valence-electron chi connectivity index (χ3n) is 5.03. The summed E-state index contributed by atoms with van der Waals surface area (Å²) in [5.74, 6) is 2.11. The molecule has 0 atom stereocenters. The van der Waals surface area contributed by atoms with E-state index in [-0.39, 0.29) is 0 Å². The highest BCUT2D eigenvalue weighted by Gasteiger charge is 2.15. The first-order chi connectivity index (χ1) is 14.0. The van der Waals surface area contributed by atoms with E-state index >= 15 is 0 Å². The van der Waals surface area contributed by atoms with Gasteiger partial charge in [0.15, 0.2) is 5.82 Å². The summed E-state index contributed by atoms with van der Waals surface area (Å²) in [6.07, 6.45) is 6.26. The van der Waals surface area contributed by atoms with Crippen LogP contribution in [0, 0.1) is 0 Å². The van der Waals surface area contributed by atoms with Crippen LogP contribution in [-0.2, 0) is 6.42 Å². The highest BCUT2D eigenvalue weighted by Crippen LogP contribution is 2.33. The Bertz CT molecular complexity index is 897. The van der Waals surface area contributed by atoms with E-state index in [0.717, 1.165) is 24.5 Å². The monoisotopic (exact) mass is 390 g/mol. The summed E-state index contributed by atoms with van der Waals surface area (Å²) in [4.78, 5) is 10.9. The molecule has 0 aliphatic heterocycles. The smallest absolute Gasteiger partial charge is 0.249 e. The molecule has 0 fully saturated rings. The van der Waals surface area contributed by atoms with E-state index in [1.807, 2.05) is 31.6 Å². The second-order valence-electron chi connectivity index (χ2n) is 7.91. The van der Waals surface area contributed by atoms with Crippen molar-refractivity contribution in [3.8, 4) is 0 Å². The molecule has 1 aromatic carbocycles. The van der Waals surface area contributed by atoms with Crippen molar-refractivity contribution < 1.29 is 0 Å². The molecule has 0 radical (unpaired) electrons. The third-order valence-corrected chi connectivity index (χ3v) is 5.03. The number of likely N-dealkylation sites (N-methyl/N-ethyl adjacent to an activating group) is 1. The zero-order valence-electron chi connectivity index (χ0n) is 17.9. The van der Waals surface area contributed by atoms with Crippen LogP contribution >= 0.6 is 0 Å². The maximum atomic E-state index is 4.71. The lowest BCUT2D eigenvalue weighted by Crippen LogP contribution is -2.22. The SMILES string of the molecule is CC(C)c1cccc(C(C)C)c1Nc1nncc(N(C)CCc2ccncc2)n1.